The number of hydrogen-bond donors (Lipinski definition) is 0. The van der Waals surface area contributed by atoms with E-state index in [1.54, 1.807) is 18.2 Å². The van der Waals surface area contributed by atoms with Gasteiger partial charge in [0.15, 0.2) is 0 Å². The number of nitrogens with zero attached hydrogens (tertiary/aromatic N) is 2. The van der Waals surface area contributed by atoms with Gasteiger partial charge in [-0.3, -0.25) is 0 Å². The first-order valence-corrected chi connectivity index (χ1v) is 17.2. The summed E-state index contributed by atoms with van der Waals surface area (Å²) < 4.78 is 101. The summed E-state index contributed by atoms with van der Waals surface area (Å²) in [6.07, 6.45) is 3.08. The molecule has 9 aromatic rings. The molecule has 0 aliphatic heterocycles. The molecule has 0 aliphatic carbocycles. The van der Waals surface area contributed by atoms with Crippen LogP contribution in [0.1, 0.15) is 65.0 Å². The molecule has 3 nitrogen and oxygen atoms in total. The van der Waals surface area contributed by atoms with Crippen molar-refractivity contribution in [2.75, 3.05) is 0 Å². The zero-order valence-corrected chi connectivity index (χ0v) is 32.2. The van der Waals surface area contributed by atoms with Crippen molar-refractivity contribution in [3.8, 4) is 33.6 Å². The average Bonchev–Trinajstić information content (AvgIpc) is 3.61. The van der Waals surface area contributed by atoms with E-state index in [-0.39, 0.29) is 53.3 Å². The summed E-state index contributed by atoms with van der Waals surface area (Å²) >= 11 is 0. The Balaban J connectivity index is 0.000000260. The summed E-state index contributed by atoms with van der Waals surface area (Å²) in [5.41, 5.74) is 4.75. The minimum atomic E-state index is -2.72. The van der Waals surface area contributed by atoms with E-state index in [0.717, 1.165) is 49.6 Å². The van der Waals surface area contributed by atoms with Crippen LogP contribution in [-0.2, 0) is 25.5 Å². The number of aromatic nitrogens is 2. The van der Waals surface area contributed by atoms with Gasteiger partial charge in [-0.15, -0.1) is 53.6 Å². The predicted molar refractivity (Wildman–Crippen MR) is 222 cm³/mol. The van der Waals surface area contributed by atoms with E-state index in [0.29, 0.717) is 28.0 Å². The Kier molecular flexibility index (Phi) is 6.79. The molecule has 0 fully saturated rings. The molecule has 0 amide bonds. The third-order valence-corrected chi connectivity index (χ3v) is 9.48. The first-order valence-electron chi connectivity index (χ1n) is 23.2. The van der Waals surface area contributed by atoms with E-state index >= 15 is 0 Å². The second-order valence-electron chi connectivity index (χ2n) is 14.1. The molecule has 6 aromatic carbocycles. The largest absolute Gasteiger partial charge is 0.501 e. The summed E-state index contributed by atoms with van der Waals surface area (Å²) in [4.78, 5) is 8.92. The summed E-state index contributed by atoms with van der Waals surface area (Å²) in [7, 11) is 0. The molecule has 269 valence electrons. The maximum atomic E-state index is 8.17. The zero-order valence-electron chi connectivity index (χ0n) is 41.8. The Morgan fingerprint density at radius 1 is 0.611 bits per heavy atom. The molecule has 3 heterocycles. The molecule has 0 atom stereocenters. The first kappa shape index (κ1) is 24.8. The van der Waals surface area contributed by atoms with Crippen LogP contribution < -0.4 is 0 Å². The molecule has 4 heteroatoms. The molecular weight excluding hydrogens is 837 g/mol. The number of rotatable bonds is 3. The topological polar surface area (TPSA) is 38.9 Å². The fraction of sp³-hybridized carbons (Fsp3) is 0.160. The van der Waals surface area contributed by atoms with Gasteiger partial charge in [0, 0.05) is 54.3 Å². The van der Waals surface area contributed by atoms with Gasteiger partial charge in [-0.05, 0) is 98.9 Å². The average molecular weight is 891 g/mol. The fourth-order valence-corrected chi connectivity index (χ4v) is 6.61. The van der Waals surface area contributed by atoms with Crippen molar-refractivity contribution in [3.05, 3.63) is 168 Å². The van der Waals surface area contributed by atoms with Crippen LogP contribution in [0.2, 0.25) is 0 Å². The standard InChI is InChI=1S/C34H24NO.C16H18N.Ir/c1-20-11-14-25(21(2)15-20)29-17-32(35-19-22(29)3)28-10-6-9-27-31-16-24-13-12-23-7-4-5-8-26(23)30(24)18-33(31)36-34(27)28;1-12-5-7-13(8-6-12)15-10-9-14(11-17-15)16(2,3)4;/h4-9,11-19H,1-3H3;5-7,9-11H,1-4H3;/q2*-1;/i1D3,2D3,3D3;1D3;. The van der Waals surface area contributed by atoms with E-state index in [9.17, 15) is 0 Å². The molecule has 0 unspecified atom stereocenters. The van der Waals surface area contributed by atoms with Gasteiger partial charge in [0.05, 0.1) is 5.58 Å². The normalized spacial score (nSPS) is 15.7. The van der Waals surface area contributed by atoms with Crippen LogP contribution in [0.3, 0.4) is 0 Å². The van der Waals surface area contributed by atoms with Gasteiger partial charge in [-0.1, -0.05) is 117 Å². The van der Waals surface area contributed by atoms with Crippen LogP contribution in [0, 0.1) is 39.5 Å². The first-order chi connectivity index (χ1) is 30.4. The predicted octanol–water partition coefficient (Wildman–Crippen LogP) is 13.5. The van der Waals surface area contributed by atoms with Crippen molar-refractivity contribution in [2.45, 2.75) is 53.6 Å². The van der Waals surface area contributed by atoms with Crippen molar-refractivity contribution >= 4 is 43.5 Å². The van der Waals surface area contributed by atoms with Crippen molar-refractivity contribution in [2.24, 2.45) is 0 Å². The van der Waals surface area contributed by atoms with E-state index in [2.05, 4.69) is 73.2 Å². The minimum absolute atomic E-state index is 0. The number of aryl methyl sites for hydroxylation is 4. The Bertz CT molecular complexity index is 3180. The van der Waals surface area contributed by atoms with Crippen LogP contribution in [0.25, 0.3) is 77.1 Å². The number of pyridine rings is 2. The number of fused-ring (bicyclic) bond motifs is 6. The molecule has 0 saturated carbocycles. The number of hydrogen-bond acceptors (Lipinski definition) is 3. The molecule has 1 radical (unpaired) electrons. The van der Waals surface area contributed by atoms with Crippen molar-refractivity contribution in [3.63, 3.8) is 0 Å². The van der Waals surface area contributed by atoms with Gasteiger partial charge in [0.2, 0.25) is 0 Å². The third kappa shape index (κ3) is 7.12. The Hall–Kier alpha value is -5.41. The Morgan fingerprint density at radius 2 is 1.43 bits per heavy atom. The quantitative estimate of drug-likeness (QED) is 0.131. The van der Waals surface area contributed by atoms with Gasteiger partial charge in [-0.25, -0.2) is 0 Å². The Morgan fingerprint density at radius 3 is 2.19 bits per heavy atom. The van der Waals surface area contributed by atoms with Gasteiger partial charge >= 0.3 is 0 Å². The number of benzene rings is 6. The molecule has 0 spiro atoms. The summed E-state index contributed by atoms with van der Waals surface area (Å²) in [5.74, 6) is 0. The maximum absolute atomic E-state index is 8.17. The van der Waals surface area contributed by atoms with Crippen LogP contribution in [0.15, 0.2) is 132 Å². The van der Waals surface area contributed by atoms with E-state index in [1.165, 1.54) is 36.0 Å². The number of furan rings is 1. The van der Waals surface area contributed by atoms with Crippen molar-refractivity contribution < 1.29 is 41.0 Å². The molecule has 54 heavy (non-hydrogen) atoms. The van der Waals surface area contributed by atoms with E-state index in [4.69, 9.17) is 20.9 Å². The SMILES string of the molecule is [2H]C([2H])([2H])c1c[c-]c(-c2ccc(C(C)(C)C)cn2)cc1.[2H]C([2H])([2H])c1ccc(-c2cc(-c3[c-]ccc4c3oc3cc5c(ccc6ccccc65)cc34)ncc2C([2H])([2H])[2H])c(C([2H])([2H])[2H])c1.[Ir]. The molecule has 0 aliphatic rings. The monoisotopic (exact) mass is 891 g/mol. The minimum Gasteiger partial charge on any atom is -0.501 e. The van der Waals surface area contributed by atoms with Crippen molar-refractivity contribution in [1.82, 2.24) is 9.97 Å². The third-order valence-electron chi connectivity index (χ3n) is 9.48. The van der Waals surface area contributed by atoms with Crippen LogP contribution in [-0.4, -0.2) is 9.97 Å². The van der Waals surface area contributed by atoms with Crippen LogP contribution >= 0.6 is 0 Å². The molecule has 9 rings (SSSR count). The van der Waals surface area contributed by atoms with E-state index < -0.39 is 27.4 Å². The summed E-state index contributed by atoms with van der Waals surface area (Å²) in [6, 6.07) is 40.4. The van der Waals surface area contributed by atoms with Gasteiger partial charge in [-0.2, -0.15) is 0 Å². The fourth-order valence-electron chi connectivity index (χ4n) is 6.61. The van der Waals surface area contributed by atoms with Gasteiger partial charge in [0.25, 0.3) is 0 Å². The second-order valence-corrected chi connectivity index (χ2v) is 14.1. The molecule has 0 N–H and O–H groups in total. The zero-order chi connectivity index (χ0) is 46.9. The molecule has 3 aromatic heterocycles. The maximum Gasteiger partial charge on any atom is 0.121 e. The molecule has 0 saturated heterocycles. The second kappa shape index (κ2) is 14.8. The van der Waals surface area contributed by atoms with Gasteiger partial charge < -0.3 is 14.4 Å². The summed E-state index contributed by atoms with van der Waals surface area (Å²) in [6.45, 7) is -3.56. The van der Waals surface area contributed by atoms with Crippen molar-refractivity contribution in [1.29, 1.82) is 0 Å². The van der Waals surface area contributed by atoms with Crippen LogP contribution in [0.4, 0.5) is 0 Å². The smallest absolute Gasteiger partial charge is 0.121 e. The Labute approximate surface area is 348 Å². The van der Waals surface area contributed by atoms with Gasteiger partial charge in [0.1, 0.15) is 5.58 Å². The molecular formula is C50H42IrN2O-2. The summed E-state index contributed by atoms with van der Waals surface area (Å²) in [5, 5.41) is 6.03. The van der Waals surface area contributed by atoms with Crippen LogP contribution in [0.5, 0.6) is 0 Å². The molecule has 0 bridgehead atoms. The van der Waals surface area contributed by atoms with E-state index in [1.807, 2.05) is 42.6 Å².